The maximum Gasteiger partial charge on any atom is 0.0426 e. The van der Waals surface area contributed by atoms with Crippen molar-refractivity contribution in [3.8, 4) is 0 Å². The number of nitrogens with one attached hydrogen (secondary N) is 1. The van der Waals surface area contributed by atoms with E-state index in [1.54, 1.807) is 0 Å². The van der Waals surface area contributed by atoms with Crippen molar-refractivity contribution < 1.29 is 0 Å². The molecule has 0 unspecified atom stereocenters. The molecule has 2 fully saturated rings. The average molecular weight is 264 g/mol. The molecule has 98 valence electrons. The van der Waals surface area contributed by atoms with Gasteiger partial charge in [-0.25, -0.2) is 0 Å². The lowest BCUT2D eigenvalue weighted by atomic mass is 9.71. The van der Waals surface area contributed by atoms with Crippen LogP contribution in [0.1, 0.15) is 51.4 Å². The molecule has 0 aliphatic heterocycles. The molecule has 0 radical (unpaired) electrons. The SMILES string of the molecule is Clc1cccc(NC2CCC3(CCCC3)CC2)c1. The van der Waals surface area contributed by atoms with Gasteiger partial charge in [0.15, 0.2) is 0 Å². The first-order valence-electron chi connectivity index (χ1n) is 7.28. The summed E-state index contributed by atoms with van der Waals surface area (Å²) >= 11 is 6.02. The summed E-state index contributed by atoms with van der Waals surface area (Å²) in [6.07, 6.45) is 11.4. The van der Waals surface area contributed by atoms with Crippen LogP contribution in [-0.2, 0) is 0 Å². The summed E-state index contributed by atoms with van der Waals surface area (Å²) in [6, 6.07) is 8.75. The van der Waals surface area contributed by atoms with Crippen molar-refractivity contribution in [2.24, 2.45) is 5.41 Å². The average Bonchev–Trinajstić information content (AvgIpc) is 2.81. The maximum absolute atomic E-state index is 6.02. The van der Waals surface area contributed by atoms with Gasteiger partial charge in [0.2, 0.25) is 0 Å². The van der Waals surface area contributed by atoms with Gasteiger partial charge in [0.05, 0.1) is 0 Å². The van der Waals surface area contributed by atoms with Gasteiger partial charge in [0.1, 0.15) is 0 Å². The third-order valence-electron chi connectivity index (χ3n) is 4.91. The van der Waals surface area contributed by atoms with Crippen LogP contribution in [0.25, 0.3) is 0 Å². The molecule has 1 N–H and O–H groups in total. The summed E-state index contributed by atoms with van der Waals surface area (Å²) in [4.78, 5) is 0. The Hall–Kier alpha value is -0.690. The molecule has 0 heterocycles. The summed E-state index contributed by atoms with van der Waals surface area (Å²) in [5.41, 5.74) is 1.90. The van der Waals surface area contributed by atoms with Gasteiger partial charge in [-0.2, -0.15) is 0 Å². The number of rotatable bonds is 2. The normalized spacial score (nSPS) is 23.4. The fourth-order valence-corrected chi connectivity index (χ4v) is 4.00. The minimum absolute atomic E-state index is 0.648. The van der Waals surface area contributed by atoms with Crippen molar-refractivity contribution in [2.75, 3.05) is 5.32 Å². The van der Waals surface area contributed by atoms with E-state index in [1.165, 1.54) is 57.1 Å². The summed E-state index contributed by atoms with van der Waals surface area (Å²) < 4.78 is 0. The molecular weight excluding hydrogens is 242 g/mol. The lowest BCUT2D eigenvalue weighted by Crippen LogP contribution is -2.31. The van der Waals surface area contributed by atoms with Crippen LogP contribution in [0.3, 0.4) is 0 Å². The van der Waals surface area contributed by atoms with Gasteiger partial charge < -0.3 is 5.32 Å². The predicted molar refractivity (Wildman–Crippen MR) is 78.2 cm³/mol. The fraction of sp³-hybridized carbons (Fsp3) is 0.625. The van der Waals surface area contributed by atoms with Gasteiger partial charge in [-0.05, 0) is 62.1 Å². The molecule has 0 bridgehead atoms. The van der Waals surface area contributed by atoms with Crippen LogP contribution in [0.4, 0.5) is 5.69 Å². The minimum Gasteiger partial charge on any atom is -0.382 e. The molecule has 3 rings (SSSR count). The van der Waals surface area contributed by atoms with E-state index in [9.17, 15) is 0 Å². The van der Waals surface area contributed by atoms with Crippen LogP contribution in [0.15, 0.2) is 24.3 Å². The van der Waals surface area contributed by atoms with Crippen LogP contribution in [0.5, 0.6) is 0 Å². The van der Waals surface area contributed by atoms with Crippen molar-refractivity contribution in [3.05, 3.63) is 29.3 Å². The lowest BCUT2D eigenvalue weighted by molar-refractivity contribution is 0.188. The van der Waals surface area contributed by atoms with Crippen LogP contribution in [0.2, 0.25) is 5.02 Å². The Morgan fingerprint density at radius 2 is 1.78 bits per heavy atom. The van der Waals surface area contributed by atoms with Gasteiger partial charge in [-0.1, -0.05) is 30.5 Å². The lowest BCUT2D eigenvalue weighted by Gasteiger charge is -2.37. The number of benzene rings is 1. The molecule has 18 heavy (non-hydrogen) atoms. The van der Waals surface area contributed by atoms with E-state index in [0.717, 1.165) is 10.4 Å². The number of halogens is 1. The third-order valence-corrected chi connectivity index (χ3v) is 5.14. The molecule has 2 saturated carbocycles. The highest BCUT2D eigenvalue weighted by atomic mass is 35.5. The molecule has 0 amide bonds. The van der Waals surface area contributed by atoms with Gasteiger partial charge >= 0.3 is 0 Å². The Labute approximate surface area is 115 Å². The summed E-state index contributed by atoms with van der Waals surface area (Å²) in [7, 11) is 0. The molecule has 2 aliphatic rings. The molecule has 0 saturated heterocycles. The second-order valence-electron chi connectivity index (χ2n) is 6.14. The molecule has 0 atom stereocenters. The molecule has 2 aliphatic carbocycles. The van der Waals surface area contributed by atoms with E-state index >= 15 is 0 Å². The van der Waals surface area contributed by atoms with E-state index < -0.39 is 0 Å². The Balaban J connectivity index is 1.57. The monoisotopic (exact) mass is 263 g/mol. The standard InChI is InChI=1S/C16H22ClN/c17-13-4-3-5-15(12-13)18-14-6-10-16(11-7-14)8-1-2-9-16/h3-5,12,14,18H,1-2,6-11H2. The molecular formula is C16H22ClN. The predicted octanol–water partition coefficient (Wildman–Crippen LogP) is 5.25. The highest BCUT2D eigenvalue weighted by Crippen LogP contribution is 2.49. The van der Waals surface area contributed by atoms with E-state index in [4.69, 9.17) is 11.6 Å². The first-order valence-corrected chi connectivity index (χ1v) is 7.66. The molecule has 2 heteroatoms. The summed E-state index contributed by atoms with van der Waals surface area (Å²) in [6.45, 7) is 0. The third kappa shape index (κ3) is 2.66. The molecule has 1 spiro atoms. The maximum atomic E-state index is 6.02. The Morgan fingerprint density at radius 1 is 1.06 bits per heavy atom. The van der Waals surface area contributed by atoms with Gasteiger partial charge in [-0.15, -0.1) is 0 Å². The highest BCUT2D eigenvalue weighted by Gasteiger charge is 2.37. The van der Waals surface area contributed by atoms with Gasteiger partial charge in [0.25, 0.3) is 0 Å². The van der Waals surface area contributed by atoms with Crippen LogP contribution in [-0.4, -0.2) is 6.04 Å². The Morgan fingerprint density at radius 3 is 2.44 bits per heavy atom. The smallest absolute Gasteiger partial charge is 0.0426 e. The van der Waals surface area contributed by atoms with E-state index in [1.807, 2.05) is 18.2 Å². The fourth-order valence-electron chi connectivity index (χ4n) is 3.81. The van der Waals surface area contributed by atoms with Crippen molar-refractivity contribution in [3.63, 3.8) is 0 Å². The van der Waals surface area contributed by atoms with Gasteiger partial charge in [-0.3, -0.25) is 0 Å². The van der Waals surface area contributed by atoms with Crippen molar-refractivity contribution >= 4 is 17.3 Å². The van der Waals surface area contributed by atoms with E-state index in [-0.39, 0.29) is 0 Å². The second kappa shape index (κ2) is 5.13. The second-order valence-corrected chi connectivity index (χ2v) is 6.57. The van der Waals surface area contributed by atoms with E-state index in [2.05, 4.69) is 11.4 Å². The zero-order valence-electron chi connectivity index (χ0n) is 10.9. The quantitative estimate of drug-likeness (QED) is 0.768. The Bertz CT molecular complexity index is 399. The first-order chi connectivity index (χ1) is 8.76. The van der Waals surface area contributed by atoms with Crippen molar-refractivity contribution in [2.45, 2.75) is 57.4 Å². The molecule has 1 nitrogen and oxygen atoms in total. The summed E-state index contributed by atoms with van der Waals surface area (Å²) in [5, 5.41) is 4.47. The Kier molecular flexibility index (Phi) is 3.52. The zero-order valence-corrected chi connectivity index (χ0v) is 11.7. The summed E-state index contributed by atoms with van der Waals surface area (Å²) in [5.74, 6) is 0. The zero-order chi connectivity index (χ0) is 12.4. The topological polar surface area (TPSA) is 12.0 Å². The van der Waals surface area contributed by atoms with Crippen molar-refractivity contribution in [1.82, 2.24) is 0 Å². The van der Waals surface area contributed by atoms with Crippen LogP contribution < -0.4 is 5.32 Å². The number of hydrogen-bond donors (Lipinski definition) is 1. The molecule has 1 aromatic rings. The first kappa shape index (κ1) is 12.3. The minimum atomic E-state index is 0.648. The van der Waals surface area contributed by atoms with Gasteiger partial charge in [0, 0.05) is 16.8 Å². The van der Waals surface area contributed by atoms with E-state index in [0.29, 0.717) is 6.04 Å². The van der Waals surface area contributed by atoms with Crippen LogP contribution in [0, 0.1) is 5.41 Å². The highest BCUT2D eigenvalue weighted by molar-refractivity contribution is 6.30. The number of anilines is 1. The number of hydrogen-bond acceptors (Lipinski definition) is 1. The van der Waals surface area contributed by atoms with Crippen LogP contribution >= 0.6 is 11.6 Å². The van der Waals surface area contributed by atoms with Crippen molar-refractivity contribution in [1.29, 1.82) is 0 Å². The molecule has 0 aromatic heterocycles. The molecule has 1 aromatic carbocycles. The largest absolute Gasteiger partial charge is 0.382 e.